The van der Waals surface area contributed by atoms with E-state index in [1.165, 1.54) is 25.7 Å². The molecule has 86 valence electrons. The van der Waals surface area contributed by atoms with Crippen molar-refractivity contribution in [1.82, 2.24) is 4.98 Å². The third-order valence-electron chi connectivity index (χ3n) is 4.10. The summed E-state index contributed by atoms with van der Waals surface area (Å²) in [6.45, 7) is 3.06. The van der Waals surface area contributed by atoms with E-state index in [0.717, 1.165) is 29.5 Å². The second-order valence-electron chi connectivity index (χ2n) is 5.42. The number of nitrogens with one attached hydrogen (secondary N) is 1. The van der Waals surface area contributed by atoms with E-state index in [4.69, 9.17) is 5.73 Å². The van der Waals surface area contributed by atoms with Gasteiger partial charge in [0.1, 0.15) is 5.82 Å². The molecule has 3 rings (SSSR count). The second kappa shape index (κ2) is 3.37. The third kappa shape index (κ3) is 1.75. The van der Waals surface area contributed by atoms with Crippen molar-refractivity contribution >= 4 is 11.5 Å². The molecular formula is C13H19N3. The minimum absolute atomic E-state index is 0.612. The van der Waals surface area contributed by atoms with E-state index in [0.29, 0.717) is 5.41 Å². The van der Waals surface area contributed by atoms with E-state index in [1.54, 1.807) is 0 Å². The van der Waals surface area contributed by atoms with Crippen molar-refractivity contribution in [1.29, 1.82) is 0 Å². The van der Waals surface area contributed by atoms with Crippen LogP contribution >= 0.6 is 0 Å². The van der Waals surface area contributed by atoms with Crippen molar-refractivity contribution in [3.63, 3.8) is 0 Å². The van der Waals surface area contributed by atoms with Gasteiger partial charge in [0.15, 0.2) is 0 Å². The van der Waals surface area contributed by atoms with Crippen LogP contribution in [0.2, 0.25) is 0 Å². The minimum atomic E-state index is 0.612. The lowest BCUT2D eigenvalue weighted by Gasteiger charge is -2.15. The second-order valence-corrected chi connectivity index (χ2v) is 5.42. The highest BCUT2D eigenvalue weighted by Crippen LogP contribution is 2.61. The summed E-state index contributed by atoms with van der Waals surface area (Å²) in [6, 6.07) is 1.94. The molecule has 2 fully saturated rings. The normalized spacial score (nSPS) is 21.8. The Labute approximate surface area is 96.4 Å². The summed E-state index contributed by atoms with van der Waals surface area (Å²) < 4.78 is 0. The molecule has 3 nitrogen and oxygen atoms in total. The third-order valence-corrected chi connectivity index (χ3v) is 4.10. The summed E-state index contributed by atoms with van der Waals surface area (Å²) in [4.78, 5) is 4.36. The number of nitrogen functional groups attached to an aromatic ring is 1. The van der Waals surface area contributed by atoms with Crippen LogP contribution in [-0.4, -0.2) is 11.5 Å². The van der Waals surface area contributed by atoms with Crippen molar-refractivity contribution in [3.05, 3.63) is 17.8 Å². The molecule has 0 amide bonds. The lowest BCUT2D eigenvalue weighted by molar-refractivity contribution is 0.466. The monoisotopic (exact) mass is 217 g/mol. The van der Waals surface area contributed by atoms with E-state index < -0.39 is 0 Å². The molecule has 1 aromatic heterocycles. The van der Waals surface area contributed by atoms with Crippen LogP contribution in [0.4, 0.5) is 11.5 Å². The van der Waals surface area contributed by atoms with E-state index in [9.17, 15) is 0 Å². The summed E-state index contributed by atoms with van der Waals surface area (Å²) in [7, 11) is 0. The van der Waals surface area contributed by atoms with Gasteiger partial charge in [-0.25, -0.2) is 4.98 Å². The molecule has 16 heavy (non-hydrogen) atoms. The maximum atomic E-state index is 5.87. The number of pyridine rings is 1. The first kappa shape index (κ1) is 9.94. The summed E-state index contributed by atoms with van der Waals surface area (Å²) >= 11 is 0. The van der Waals surface area contributed by atoms with Crippen molar-refractivity contribution in [3.8, 4) is 0 Å². The van der Waals surface area contributed by atoms with E-state index in [-0.39, 0.29) is 0 Å². The van der Waals surface area contributed by atoms with Crippen molar-refractivity contribution in [2.24, 2.45) is 11.3 Å². The maximum Gasteiger partial charge on any atom is 0.127 e. The van der Waals surface area contributed by atoms with Gasteiger partial charge in [0.25, 0.3) is 0 Å². The molecule has 1 aromatic rings. The Balaban J connectivity index is 1.63. The molecule has 0 atom stereocenters. The summed E-state index contributed by atoms with van der Waals surface area (Å²) in [5.74, 6) is 1.91. The van der Waals surface area contributed by atoms with Crippen LogP contribution in [0.5, 0.6) is 0 Å². The van der Waals surface area contributed by atoms with E-state index >= 15 is 0 Å². The Morgan fingerprint density at radius 2 is 2.25 bits per heavy atom. The Kier molecular flexibility index (Phi) is 2.09. The van der Waals surface area contributed by atoms with Crippen LogP contribution in [0.15, 0.2) is 12.3 Å². The first-order valence-corrected chi connectivity index (χ1v) is 6.16. The fourth-order valence-electron chi connectivity index (χ4n) is 2.49. The van der Waals surface area contributed by atoms with Crippen molar-refractivity contribution < 1.29 is 0 Å². The Morgan fingerprint density at radius 3 is 2.81 bits per heavy atom. The lowest BCUT2D eigenvalue weighted by atomic mass is 10.0. The van der Waals surface area contributed by atoms with E-state index in [1.807, 2.05) is 19.2 Å². The highest BCUT2D eigenvalue weighted by Gasteiger charge is 2.53. The average Bonchev–Trinajstić information content (AvgIpc) is 3.13. The number of aryl methyl sites for hydroxylation is 1. The highest BCUT2D eigenvalue weighted by atomic mass is 15.0. The van der Waals surface area contributed by atoms with Gasteiger partial charge in [-0.15, -0.1) is 0 Å². The molecule has 0 aromatic carbocycles. The maximum absolute atomic E-state index is 5.87. The molecule has 0 unspecified atom stereocenters. The topological polar surface area (TPSA) is 50.9 Å². The van der Waals surface area contributed by atoms with Gasteiger partial charge >= 0.3 is 0 Å². The number of rotatable bonds is 4. The van der Waals surface area contributed by atoms with Gasteiger partial charge in [0, 0.05) is 24.5 Å². The first-order chi connectivity index (χ1) is 7.70. The van der Waals surface area contributed by atoms with Gasteiger partial charge < -0.3 is 11.1 Å². The minimum Gasteiger partial charge on any atom is -0.398 e. The molecule has 0 saturated heterocycles. The number of anilines is 2. The van der Waals surface area contributed by atoms with E-state index in [2.05, 4.69) is 10.3 Å². The predicted octanol–water partition coefficient (Wildman–Crippen LogP) is 2.57. The zero-order valence-electron chi connectivity index (χ0n) is 9.79. The molecule has 2 aliphatic carbocycles. The SMILES string of the molecule is Cc1cnc(NCC2(C3CC3)CC2)cc1N. The molecule has 3 N–H and O–H groups in total. The van der Waals surface area contributed by atoms with Gasteiger partial charge in [-0.3, -0.25) is 0 Å². The first-order valence-electron chi connectivity index (χ1n) is 6.16. The number of nitrogens with two attached hydrogens (primary N) is 1. The van der Waals surface area contributed by atoms with Crippen LogP contribution in [0, 0.1) is 18.3 Å². The number of aromatic nitrogens is 1. The predicted molar refractivity (Wildman–Crippen MR) is 66.3 cm³/mol. The van der Waals surface area contributed by atoms with Crippen LogP contribution < -0.4 is 11.1 Å². The molecule has 0 bridgehead atoms. The average molecular weight is 217 g/mol. The van der Waals surface area contributed by atoms with Crippen molar-refractivity contribution in [2.45, 2.75) is 32.6 Å². The Hall–Kier alpha value is -1.25. The molecule has 2 saturated carbocycles. The summed E-state index contributed by atoms with van der Waals surface area (Å²) in [6.07, 6.45) is 7.50. The molecule has 3 heteroatoms. The van der Waals surface area contributed by atoms with Gasteiger partial charge in [-0.1, -0.05) is 0 Å². The molecule has 0 radical (unpaired) electrons. The zero-order valence-corrected chi connectivity index (χ0v) is 9.79. The molecule has 1 heterocycles. The molecule has 2 aliphatic rings. The molecular weight excluding hydrogens is 198 g/mol. The Morgan fingerprint density at radius 1 is 1.50 bits per heavy atom. The van der Waals surface area contributed by atoms with Crippen LogP contribution in [0.3, 0.4) is 0 Å². The smallest absolute Gasteiger partial charge is 0.127 e. The molecule has 0 aliphatic heterocycles. The van der Waals surface area contributed by atoms with Crippen LogP contribution in [0.1, 0.15) is 31.2 Å². The summed E-state index contributed by atoms with van der Waals surface area (Å²) in [5, 5.41) is 3.45. The summed E-state index contributed by atoms with van der Waals surface area (Å²) in [5.41, 5.74) is 8.36. The van der Waals surface area contributed by atoms with Gasteiger partial charge in [-0.2, -0.15) is 0 Å². The number of hydrogen-bond donors (Lipinski definition) is 2. The fraction of sp³-hybridized carbons (Fsp3) is 0.615. The van der Waals surface area contributed by atoms with Crippen LogP contribution in [0.25, 0.3) is 0 Å². The Bertz CT molecular complexity index is 406. The van der Waals surface area contributed by atoms with Crippen LogP contribution in [-0.2, 0) is 0 Å². The van der Waals surface area contributed by atoms with Gasteiger partial charge in [-0.05, 0) is 49.5 Å². The number of nitrogens with zero attached hydrogens (tertiary/aromatic N) is 1. The zero-order chi connectivity index (χ0) is 11.2. The van der Waals surface area contributed by atoms with Crippen molar-refractivity contribution in [2.75, 3.05) is 17.6 Å². The standard InChI is InChI=1S/C13H19N3/c1-9-7-15-12(6-11(9)14)16-8-13(4-5-13)10-2-3-10/h6-7,10H,2-5,8H2,1H3,(H3,14,15,16). The fourth-order valence-corrected chi connectivity index (χ4v) is 2.49. The highest BCUT2D eigenvalue weighted by molar-refractivity contribution is 5.53. The number of hydrogen-bond acceptors (Lipinski definition) is 3. The van der Waals surface area contributed by atoms with Gasteiger partial charge in [0.2, 0.25) is 0 Å². The largest absolute Gasteiger partial charge is 0.398 e. The van der Waals surface area contributed by atoms with Gasteiger partial charge in [0.05, 0.1) is 0 Å². The quantitative estimate of drug-likeness (QED) is 0.815. The molecule has 0 spiro atoms. The lowest BCUT2D eigenvalue weighted by Crippen LogP contribution is -2.18.